The van der Waals surface area contributed by atoms with Gasteiger partial charge in [-0.1, -0.05) is 0 Å². The van der Waals surface area contributed by atoms with Crippen molar-refractivity contribution >= 4 is 21.6 Å². The lowest BCUT2D eigenvalue weighted by atomic mass is 10.3. The van der Waals surface area contributed by atoms with Crippen molar-refractivity contribution in [2.45, 2.75) is 6.92 Å². The van der Waals surface area contributed by atoms with Gasteiger partial charge in [0.25, 0.3) is 0 Å². The molecular weight excluding hydrogens is 208 g/mol. The van der Waals surface area contributed by atoms with Crippen molar-refractivity contribution in [2.75, 3.05) is 12.8 Å². The molecule has 0 aromatic carbocycles. The fourth-order valence-corrected chi connectivity index (χ4v) is 1.26. The molecule has 1 rings (SSSR count). The van der Waals surface area contributed by atoms with Gasteiger partial charge in [-0.2, -0.15) is 0 Å². The van der Waals surface area contributed by atoms with Gasteiger partial charge in [0, 0.05) is 11.8 Å². The predicted molar refractivity (Wildman–Crippen MR) is 47.6 cm³/mol. The second kappa shape index (κ2) is 3.09. The Balaban J connectivity index is 3.24. The molecule has 60 valence electrons. The number of hydrogen-bond acceptors (Lipinski definition) is 3. The van der Waals surface area contributed by atoms with Crippen LogP contribution < -0.4 is 10.5 Å². The second-order valence-corrected chi connectivity index (χ2v) is 2.92. The zero-order chi connectivity index (χ0) is 8.43. The summed E-state index contributed by atoms with van der Waals surface area (Å²) in [6.45, 7) is 1.88. The highest BCUT2D eigenvalue weighted by atomic mass is 79.9. The van der Waals surface area contributed by atoms with Gasteiger partial charge in [-0.3, -0.25) is 0 Å². The molecule has 1 heterocycles. The Morgan fingerprint density at radius 2 is 2.27 bits per heavy atom. The van der Waals surface area contributed by atoms with Crippen LogP contribution in [0, 0.1) is 6.92 Å². The van der Waals surface area contributed by atoms with E-state index in [2.05, 4.69) is 20.9 Å². The standard InChI is InChI=1S/C7H9BrN2O/c1-4-3-5(11-2)6(9)7(8)10-4/h3H,9H2,1-2H3. The first kappa shape index (κ1) is 8.33. The minimum Gasteiger partial charge on any atom is -0.494 e. The zero-order valence-corrected chi connectivity index (χ0v) is 7.97. The van der Waals surface area contributed by atoms with Crippen molar-refractivity contribution in [2.24, 2.45) is 0 Å². The molecule has 4 heteroatoms. The Morgan fingerprint density at radius 1 is 1.64 bits per heavy atom. The summed E-state index contributed by atoms with van der Waals surface area (Å²) in [5, 5.41) is 0. The smallest absolute Gasteiger partial charge is 0.146 e. The van der Waals surface area contributed by atoms with Crippen molar-refractivity contribution in [1.82, 2.24) is 4.98 Å². The minimum atomic E-state index is 0.540. The quantitative estimate of drug-likeness (QED) is 0.729. The van der Waals surface area contributed by atoms with E-state index < -0.39 is 0 Å². The molecule has 0 amide bonds. The molecule has 0 aliphatic rings. The van der Waals surface area contributed by atoms with Gasteiger partial charge in [0.15, 0.2) is 0 Å². The molecule has 0 saturated heterocycles. The molecule has 0 spiro atoms. The first-order valence-corrected chi connectivity index (χ1v) is 3.91. The number of rotatable bonds is 1. The van der Waals surface area contributed by atoms with Crippen LogP contribution in [0.25, 0.3) is 0 Å². The average molecular weight is 217 g/mol. The molecule has 0 aliphatic heterocycles. The molecule has 1 aromatic rings. The fourth-order valence-electron chi connectivity index (χ4n) is 0.785. The van der Waals surface area contributed by atoms with Crippen LogP contribution in [0.1, 0.15) is 5.69 Å². The van der Waals surface area contributed by atoms with Crippen molar-refractivity contribution in [3.63, 3.8) is 0 Å². The number of nitrogens with two attached hydrogens (primary N) is 1. The molecule has 2 N–H and O–H groups in total. The number of methoxy groups -OCH3 is 1. The molecule has 0 radical (unpaired) electrons. The molecule has 0 bridgehead atoms. The van der Waals surface area contributed by atoms with E-state index in [-0.39, 0.29) is 0 Å². The summed E-state index contributed by atoms with van der Waals surface area (Å²) >= 11 is 3.22. The number of aromatic nitrogens is 1. The van der Waals surface area contributed by atoms with Crippen molar-refractivity contribution in [3.8, 4) is 5.75 Å². The Kier molecular flexibility index (Phi) is 2.34. The summed E-state index contributed by atoms with van der Waals surface area (Å²) in [4.78, 5) is 4.09. The maximum atomic E-state index is 5.63. The molecule has 0 fully saturated rings. The Bertz CT molecular complexity index is 275. The van der Waals surface area contributed by atoms with Crippen molar-refractivity contribution < 1.29 is 4.74 Å². The lowest BCUT2D eigenvalue weighted by Gasteiger charge is -2.05. The maximum Gasteiger partial charge on any atom is 0.146 e. The molecular formula is C7H9BrN2O. The van der Waals surface area contributed by atoms with Gasteiger partial charge >= 0.3 is 0 Å². The largest absolute Gasteiger partial charge is 0.494 e. The van der Waals surface area contributed by atoms with Crippen LogP contribution >= 0.6 is 15.9 Å². The first-order chi connectivity index (χ1) is 5.15. The minimum absolute atomic E-state index is 0.540. The fraction of sp³-hybridized carbons (Fsp3) is 0.286. The van der Waals surface area contributed by atoms with E-state index in [1.165, 1.54) is 0 Å². The van der Waals surface area contributed by atoms with E-state index >= 15 is 0 Å². The summed E-state index contributed by atoms with van der Waals surface area (Å²) in [5.74, 6) is 0.657. The normalized spacial score (nSPS) is 9.73. The Hall–Kier alpha value is -0.770. The van der Waals surface area contributed by atoms with E-state index in [4.69, 9.17) is 10.5 Å². The number of aryl methyl sites for hydroxylation is 1. The van der Waals surface area contributed by atoms with Gasteiger partial charge in [-0.15, -0.1) is 0 Å². The van der Waals surface area contributed by atoms with E-state index in [1.54, 1.807) is 13.2 Å². The van der Waals surface area contributed by atoms with Crippen molar-refractivity contribution in [3.05, 3.63) is 16.4 Å². The van der Waals surface area contributed by atoms with Crippen LogP contribution in [0.3, 0.4) is 0 Å². The molecule has 3 nitrogen and oxygen atoms in total. The summed E-state index contributed by atoms with van der Waals surface area (Å²) in [7, 11) is 1.58. The van der Waals surface area contributed by atoms with Crippen LogP contribution in [0.2, 0.25) is 0 Å². The number of anilines is 1. The Morgan fingerprint density at radius 3 is 2.82 bits per heavy atom. The van der Waals surface area contributed by atoms with Crippen LogP contribution in [-0.4, -0.2) is 12.1 Å². The summed E-state index contributed by atoms with van der Waals surface area (Å²) in [6, 6.07) is 1.79. The summed E-state index contributed by atoms with van der Waals surface area (Å²) in [6.07, 6.45) is 0. The third kappa shape index (κ3) is 1.63. The van der Waals surface area contributed by atoms with E-state index in [1.807, 2.05) is 6.92 Å². The van der Waals surface area contributed by atoms with Gasteiger partial charge in [-0.25, -0.2) is 4.98 Å². The van der Waals surface area contributed by atoms with E-state index in [0.29, 0.717) is 16.0 Å². The third-order valence-electron chi connectivity index (χ3n) is 1.32. The molecule has 11 heavy (non-hydrogen) atoms. The summed E-state index contributed by atoms with van der Waals surface area (Å²) in [5.41, 5.74) is 7.05. The monoisotopic (exact) mass is 216 g/mol. The number of hydrogen-bond donors (Lipinski definition) is 1. The zero-order valence-electron chi connectivity index (χ0n) is 6.39. The highest BCUT2D eigenvalue weighted by Crippen LogP contribution is 2.27. The van der Waals surface area contributed by atoms with Gasteiger partial charge in [0.2, 0.25) is 0 Å². The van der Waals surface area contributed by atoms with Crippen LogP contribution in [0.4, 0.5) is 5.69 Å². The number of halogens is 1. The number of pyridine rings is 1. The molecule has 0 unspecified atom stereocenters. The van der Waals surface area contributed by atoms with Gasteiger partial charge in [0.1, 0.15) is 16.0 Å². The van der Waals surface area contributed by atoms with Crippen molar-refractivity contribution in [1.29, 1.82) is 0 Å². The van der Waals surface area contributed by atoms with E-state index in [9.17, 15) is 0 Å². The van der Waals surface area contributed by atoms with Gasteiger partial charge in [-0.05, 0) is 22.9 Å². The molecule has 0 saturated carbocycles. The maximum absolute atomic E-state index is 5.63. The lowest BCUT2D eigenvalue weighted by molar-refractivity contribution is 0.415. The van der Waals surface area contributed by atoms with Gasteiger partial charge < -0.3 is 10.5 Å². The van der Waals surface area contributed by atoms with Crippen LogP contribution in [0.15, 0.2) is 10.7 Å². The lowest BCUT2D eigenvalue weighted by Crippen LogP contribution is -1.96. The molecule has 0 aliphatic carbocycles. The number of nitrogen functional groups attached to an aromatic ring is 1. The number of ether oxygens (including phenoxy) is 1. The topological polar surface area (TPSA) is 48.1 Å². The SMILES string of the molecule is COc1cc(C)nc(Br)c1N. The van der Waals surface area contributed by atoms with Crippen LogP contribution in [-0.2, 0) is 0 Å². The van der Waals surface area contributed by atoms with Crippen LogP contribution in [0.5, 0.6) is 5.75 Å². The second-order valence-electron chi connectivity index (χ2n) is 2.17. The average Bonchev–Trinajstić information content (AvgIpc) is 1.96. The molecule has 0 atom stereocenters. The third-order valence-corrected chi connectivity index (χ3v) is 1.93. The van der Waals surface area contributed by atoms with Gasteiger partial charge in [0.05, 0.1) is 7.11 Å². The first-order valence-electron chi connectivity index (χ1n) is 3.11. The summed E-state index contributed by atoms with van der Waals surface area (Å²) < 4.78 is 5.65. The highest BCUT2D eigenvalue weighted by molar-refractivity contribution is 9.10. The number of nitrogens with zero attached hydrogens (tertiary/aromatic N) is 1. The van der Waals surface area contributed by atoms with E-state index in [0.717, 1.165) is 5.69 Å². The highest BCUT2D eigenvalue weighted by Gasteiger charge is 2.04. The molecule has 1 aromatic heterocycles. The predicted octanol–water partition coefficient (Wildman–Crippen LogP) is 1.74. The Labute approximate surface area is 73.7 Å².